The molecule has 0 bridgehead atoms. The van der Waals surface area contributed by atoms with Crippen LogP contribution in [0.4, 0.5) is 10.5 Å². The molecule has 128 valence electrons. The van der Waals surface area contributed by atoms with Crippen molar-refractivity contribution in [3.05, 3.63) is 29.8 Å². The van der Waals surface area contributed by atoms with Crippen molar-refractivity contribution in [1.82, 2.24) is 4.90 Å². The van der Waals surface area contributed by atoms with Crippen LogP contribution >= 0.6 is 11.8 Å². The lowest BCUT2D eigenvalue weighted by Crippen LogP contribution is -2.46. The molecule has 4 nitrogen and oxygen atoms in total. The summed E-state index contributed by atoms with van der Waals surface area (Å²) in [7, 11) is 0. The highest BCUT2D eigenvalue weighted by atomic mass is 32.2. The first-order valence-corrected chi connectivity index (χ1v) is 9.61. The summed E-state index contributed by atoms with van der Waals surface area (Å²) in [6.45, 7) is 5.91. The Morgan fingerprint density at radius 3 is 2.70 bits per heavy atom. The number of carbonyl (C=O) groups is 1. The third-order valence-electron chi connectivity index (χ3n) is 4.85. The van der Waals surface area contributed by atoms with Crippen molar-refractivity contribution in [3.63, 3.8) is 0 Å². The van der Waals surface area contributed by atoms with Crippen molar-refractivity contribution in [2.75, 3.05) is 30.8 Å². The minimum atomic E-state index is -0.0343. The highest BCUT2D eigenvalue weighted by molar-refractivity contribution is 7.98. The molecule has 1 aromatic rings. The molecule has 0 spiro atoms. The van der Waals surface area contributed by atoms with E-state index in [1.54, 1.807) is 0 Å². The third kappa shape index (κ3) is 4.88. The Hall–Kier alpha value is -1.20. The maximum Gasteiger partial charge on any atom is 0.321 e. The Morgan fingerprint density at radius 2 is 2.09 bits per heavy atom. The Labute approximate surface area is 143 Å². The van der Waals surface area contributed by atoms with E-state index in [1.165, 1.54) is 5.56 Å². The van der Waals surface area contributed by atoms with Crippen LogP contribution < -0.4 is 5.32 Å². The van der Waals surface area contributed by atoms with Gasteiger partial charge >= 0.3 is 6.03 Å². The lowest BCUT2D eigenvalue weighted by atomic mass is 9.77. The fourth-order valence-electron chi connectivity index (χ4n) is 2.97. The van der Waals surface area contributed by atoms with Gasteiger partial charge in [0.15, 0.2) is 0 Å². The van der Waals surface area contributed by atoms with E-state index in [-0.39, 0.29) is 18.1 Å². The number of anilines is 1. The Morgan fingerprint density at radius 1 is 1.35 bits per heavy atom. The van der Waals surface area contributed by atoms with Crippen molar-refractivity contribution in [3.8, 4) is 0 Å². The summed E-state index contributed by atoms with van der Waals surface area (Å²) >= 11 is 1.87. The fraction of sp³-hybridized carbons (Fsp3) is 0.611. The highest BCUT2D eigenvalue weighted by Gasteiger charge is 2.33. The number of carbonyl (C=O) groups excluding carboxylic acids is 1. The number of aliphatic hydroxyl groups excluding tert-OH is 1. The van der Waals surface area contributed by atoms with Crippen LogP contribution in [0.2, 0.25) is 0 Å². The van der Waals surface area contributed by atoms with Crippen LogP contribution in [0.1, 0.15) is 38.7 Å². The smallest absolute Gasteiger partial charge is 0.321 e. The average molecular weight is 337 g/mol. The summed E-state index contributed by atoms with van der Waals surface area (Å²) in [4.78, 5) is 14.3. The fourth-order valence-corrected chi connectivity index (χ4v) is 3.59. The molecule has 1 aliphatic rings. The van der Waals surface area contributed by atoms with Gasteiger partial charge in [-0.2, -0.15) is 11.8 Å². The van der Waals surface area contributed by atoms with E-state index in [9.17, 15) is 9.90 Å². The first-order chi connectivity index (χ1) is 11.1. The largest absolute Gasteiger partial charge is 0.396 e. The summed E-state index contributed by atoms with van der Waals surface area (Å²) in [5.74, 6) is 2.06. The second-order valence-corrected chi connectivity index (χ2v) is 7.54. The number of aliphatic hydroxyl groups is 1. The number of urea groups is 1. The van der Waals surface area contributed by atoms with E-state index >= 15 is 0 Å². The van der Waals surface area contributed by atoms with E-state index in [0.717, 1.165) is 36.5 Å². The topological polar surface area (TPSA) is 52.6 Å². The minimum absolute atomic E-state index is 0.00801. The van der Waals surface area contributed by atoms with Gasteiger partial charge in [0, 0.05) is 31.1 Å². The molecule has 1 aromatic carbocycles. The van der Waals surface area contributed by atoms with Crippen molar-refractivity contribution in [1.29, 1.82) is 0 Å². The van der Waals surface area contributed by atoms with Gasteiger partial charge in [-0.1, -0.05) is 26.0 Å². The van der Waals surface area contributed by atoms with Gasteiger partial charge in [-0.25, -0.2) is 4.79 Å². The Kier molecular flexibility index (Phi) is 6.78. The molecular weight excluding hydrogens is 308 g/mol. The Balaban J connectivity index is 1.90. The lowest BCUT2D eigenvalue weighted by Gasteiger charge is -2.40. The molecule has 2 N–H and O–H groups in total. The molecule has 1 aliphatic heterocycles. The predicted molar refractivity (Wildman–Crippen MR) is 97.9 cm³/mol. The van der Waals surface area contributed by atoms with Crippen molar-refractivity contribution >= 4 is 23.5 Å². The third-order valence-corrected chi connectivity index (χ3v) is 5.79. The van der Waals surface area contributed by atoms with Crippen molar-refractivity contribution in [2.45, 2.75) is 38.9 Å². The number of amides is 2. The van der Waals surface area contributed by atoms with Gasteiger partial charge in [-0.3, -0.25) is 0 Å². The molecule has 1 heterocycles. The summed E-state index contributed by atoms with van der Waals surface area (Å²) in [6, 6.07) is 8.04. The second-order valence-electron chi connectivity index (χ2n) is 6.27. The molecule has 23 heavy (non-hydrogen) atoms. The monoisotopic (exact) mass is 336 g/mol. The average Bonchev–Trinajstić information content (AvgIpc) is 2.60. The van der Waals surface area contributed by atoms with Gasteiger partial charge in [0.1, 0.15) is 0 Å². The zero-order chi connectivity index (χ0) is 16.7. The predicted octanol–water partition coefficient (Wildman–Crippen LogP) is 3.96. The van der Waals surface area contributed by atoms with E-state index < -0.39 is 0 Å². The van der Waals surface area contributed by atoms with E-state index in [4.69, 9.17) is 0 Å². The summed E-state index contributed by atoms with van der Waals surface area (Å²) in [6.07, 6.45) is 2.72. The molecule has 0 aliphatic carbocycles. The zero-order valence-corrected chi connectivity index (χ0v) is 15.0. The number of hydrogen-bond donors (Lipinski definition) is 2. The number of thioether (sulfide) groups is 1. The molecule has 0 radical (unpaired) electrons. The molecule has 0 saturated carbocycles. The van der Waals surface area contributed by atoms with Crippen LogP contribution in [-0.4, -0.2) is 41.5 Å². The van der Waals surface area contributed by atoms with Gasteiger partial charge in [0.2, 0.25) is 0 Å². The van der Waals surface area contributed by atoms with Gasteiger partial charge in [-0.05, 0) is 48.1 Å². The van der Waals surface area contributed by atoms with Crippen LogP contribution in [0, 0.1) is 5.41 Å². The quantitative estimate of drug-likeness (QED) is 0.827. The number of hydrogen-bond acceptors (Lipinski definition) is 3. The minimum Gasteiger partial charge on any atom is -0.396 e. The summed E-state index contributed by atoms with van der Waals surface area (Å²) in [5, 5.41) is 12.6. The van der Waals surface area contributed by atoms with Crippen LogP contribution in [0.5, 0.6) is 0 Å². The maximum absolute atomic E-state index is 12.4. The SMILES string of the molecule is CCSCc1cccc(NC(=O)N2CCC(CC)(CO)CC2)c1. The van der Waals surface area contributed by atoms with Crippen LogP contribution in [0.3, 0.4) is 0 Å². The van der Waals surface area contributed by atoms with Crippen LogP contribution in [0.25, 0.3) is 0 Å². The number of nitrogens with zero attached hydrogens (tertiary/aromatic N) is 1. The van der Waals surface area contributed by atoms with E-state index in [2.05, 4.69) is 31.3 Å². The van der Waals surface area contributed by atoms with Gasteiger partial charge in [0.05, 0.1) is 0 Å². The first-order valence-electron chi connectivity index (χ1n) is 8.46. The van der Waals surface area contributed by atoms with Crippen LogP contribution in [-0.2, 0) is 5.75 Å². The molecular formula is C18H28N2O2S. The summed E-state index contributed by atoms with van der Waals surface area (Å²) < 4.78 is 0. The first kappa shape index (κ1) is 18.1. The molecule has 0 unspecified atom stereocenters. The van der Waals surface area contributed by atoms with E-state index in [0.29, 0.717) is 13.1 Å². The molecule has 1 saturated heterocycles. The molecule has 0 atom stereocenters. The van der Waals surface area contributed by atoms with E-state index in [1.807, 2.05) is 28.8 Å². The van der Waals surface area contributed by atoms with Crippen LogP contribution in [0.15, 0.2) is 24.3 Å². The number of piperidine rings is 1. The second kappa shape index (κ2) is 8.60. The van der Waals surface area contributed by atoms with Crippen molar-refractivity contribution in [2.24, 2.45) is 5.41 Å². The van der Waals surface area contributed by atoms with Gasteiger partial charge < -0.3 is 15.3 Å². The van der Waals surface area contributed by atoms with Gasteiger partial charge in [0.25, 0.3) is 0 Å². The number of benzene rings is 1. The molecule has 2 amide bonds. The zero-order valence-electron chi connectivity index (χ0n) is 14.2. The summed E-state index contributed by atoms with van der Waals surface area (Å²) in [5.41, 5.74) is 2.10. The molecule has 5 heteroatoms. The standard InChI is InChI=1S/C18H28N2O2S/c1-3-18(14-21)8-10-20(11-9-18)17(22)19-16-7-5-6-15(12-16)13-23-4-2/h5-7,12,21H,3-4,8-11,13-14H2,1-2H3,(H,19,22). The van der Waals surface area contributed by atoms with Gasteiger partial charge in [-0.15, -0.1) is 0 Å². The maximum atomic E-state index is 12.4. The number of nitrogens with one attached hydrogen (secondary N) is 1. The normalized spacial score (nSPS) is 17.1. The molecule has 0 aromatic heterocycles. The number of likely N-dealkylation sites (tertiary alicyclic amines) is 1. The highest BCUT2D eigenvalue weighted by Crippen LogP contribution is 2.34. The molecule has 1 fully saturated rings. The lowest BCUT2D eigenvalue weighted by molar-refractivity contribution is 0.0542. The number of rotatable bonds is 6. The Bertz CT molecular complexity index is 507. The molecule has 2 rings (SSSR count). The van der Waals surface area contributed by atoms with Crippen molar-refractivity contribution < 1.29 is 9.90 Å².